The lowest BCUT2D eigenvalue weighted by Gasteiger charge is -2.24. The van der Waals surface area contributed by atoms with E-state index in [0.29, 0.717) is 6.04 Å². The van der Waals surface area contributed by atoms with E-state index in [1.165, 1.54) is 11.3 Å². The second kappa shape index (κ2) is 3.55. The van der Waals surface area contributed by atoms with Crippen LogP contribution < -0.4 is 10.6 Å². The number of anilines is 1. The Morgan fingerprint density at radius 1 is 1.50 bits per heavy atom. The Labute approximate surface area is 93.2 Å². The van der Waals surface area contributed by atoms with Gasteiger partial charge in [-0.1, -0.05) is 15.9 Å². The summed E-state index contributed by atoms with van der Waals surface area (Å²) in [5.41, 5.74) is 8.63. The van der Waals surface area contributed by atoms with Crippen LogP contribution in [0.25, 0.3) is 0 Å². The first-order valence-corrected chi connectivity index (χ1v) is 5.70. The first kappa shape index (κ1) is 9.99. The molecule has 0 spiro atoms. The summed E-state index contributed by atoms with van der Waals surface area (Å²) >= 11 is 3.48. The number of benzene rings is 1. The molecule has 76 valence electrons. The molecule has 0 bridgehead atoms. The summed E-state index contributed by atoms with van der Waals surface area (Å²) in [6.45, 7) is 5.33. The average molecular weight is 255 g/mol. The fraction of sp³-hybridized carbons (Fsp3) is 0.455. The molecule has 0 radical (unpaired) electrons. The van der Waals surface area contributed by atoms with Gasteiger partial charge in [0.25, 0.3) is 0 Å². The number of hydrogen-bond acceptors (Lipinski definition) is 2. The van der Waals surface area contributed by atoms with Crippen LogP contribution in [0.1, 0.15) is 25.5 Å². The number of nitrogens with two attached hydrogens (primary N) is 1. The minimum atomic E-state index is 0.157. The van der Waals surface area contributed by atoms with Crippen LogP contribution in [0.5, 0.6) is 0 Å². The molecule has 0 saturated carbocycles. The summed E-state index contributed by atoms with van der Waals surface area (Å²) in [6.07, 6.45) is 0. The van der Waals surface area contributed by atoms with Crippen molar-refractivity contribution >= 4 is 21.6 Å². The van der Waals surface area contributed by atoms with Crippen molar-refractivity contribution in [2.75, 3.05) is 11.4 Å². The lowest BCUT2D eigenvalue weighted by molar-refractivity contribution is 0.657. The minimum absolute atomic E-state index is 0.157. The maximum atomic E-state index is 6.08. The predicted octanol–water partition coefficient (Wildman–Crippen LogP) is 2.68. The van der Waals surface area contributed by atoms with Gasteiger partial charge in [0.1, 0.15) is 0 Å². The highest BCUT2D eigenvalue weighted by Crippen LogP contribution is 2.36. The van der Waals surface area contributed by atoms with Crippen LogP contribution in [0.3, 0.4) is 0 Å². The molecular weight excluding hydrogens is 240 g/mol. The van der Waals surface area contributed by atoms with Gasteiger partial charge in [-0.05, 0) is 37.6 Å². The van der Waals surface area contributed by atoms with Gasteiger partial charge >= 0.3 is 0 Å². The van der Waals surface area contributed by atoms with E-state index < -0.39 is 0 Å². The predicted molar refractivity (Wildman–Crippen MR) is 63.6 cm³/mol. The van der Waals surface area contributed by atoms with Crippen molar-refractivity contribution in [3.63, 3.8) is 0 Å². The Kier molecular flexibility index (Phi) is 2.54. The second-order valence-corrected chi connectivity index (χ2v) is 4.97. The standard InChI is InChI=1S/C11H15BrN2/c1-7(2)14-6-10(13)9-5-8(12)3-4-11(9)14/h3-5,7,10H,6,13H2,1-2H3. The van der Waals surface area contributed by atoms with Crippen molar-refractivity contribution in [3.05, 3.63) is 28.2 Å². The third-order valence-electron chi connectivity index (χ3n) is 2.72. The summed E-state index contributed by atoms with van der Waals surface area (Å²) in [6, 6.07) is 7.02. The van der Waals surface area contributed by atoms with Gasteiger partial charge in [-0.2, -0.15) is 0 Å². The highest BCUT2D eigenvalue weighted by molar-refractivity contribution is 9.10. The first-order chi connectivity index (χ1) is 6.59. The zero-order valence-corrected chi connectivity index (χ0v) is 10.1. The van der Waals surface area contributed by atoms with E-state index in [1.54, 1.807) is 0 Å². The van der Waals surface area contributed by atoms with Gasteiger partial charge in [0.2, 0.25) is 0 Å². The monoisotopic (exact) mass is 254 g/mol. The fourth-order valence-electron chi connectivity index (χ4n) is 1.98. The summed E-state index contributed by atoms with van der Waals surface area (Å²) in [5.74, 6) is 0. The quantitative estimate of drug-likeness (QED) is 0.835. The van der Waals surface area contributed by atoms with Gasteiger partial charge in [0.15, 0.2) is 0 Å². The lowest BCUT2D eigenvalue weighted by atomic mass is 10.1. The zero-order chi connectivity index (χ0) is 10.3. The van der Waals surface area contributed by atoms with Crippen molar-refractivity contribution in [2.24, 2.45) is 5.73 Å². The number of hydrogen-bond donors (Lipinski definition) is 1. The Hall–Kier alpha value is -0.540. The Morgan fingerprint density at radius 2 is 2.21 bits per heavy atom. The Morgan fingerprint density at radius 3 is 2.86 bits per heavy atom. The summed E-state index contributed by atoms with van der Waals surface area (Å²) in [7, 11) is 0. The van der Waals surface area contributed by atoms with Crippen LogP contribution in [0.2, 0.25) is 0 Å². The highest BCUT2D eigenvalue weighted by atomic mass is 79.9. The van der Waals surface area contributed by atoms with E-state index in [1.807, 2.05) is 0 Å². The zero-order valence-electron chi connectivity index (χ0n) is 8.50. The van der Waals surface area contributed by atoms with Crippen molar-refractivity contribution in [2.45, 2.75) is 25.9 Å². The van der Waals surface area contributed by atoms with E-state index in [9.17, 15) is 0 Å². The van der Waals surface area contributed by atoms with E-state index in [2.05, 4.69) is 52.9 Å². The molecule has 0 aromatic heterocycles. The van der Waals surface area contributed by atoms with E-state index >= 15 is 0 Å². The molecule has 2 rings (SSSR count). The summed E-state index contributed by atoms with van der Waals surface area (Å²) in [5, 5.41) is 0. The normalized spacial score (nSPS) is 20.4. The number of rotatable bonds is 1. The third-order valence-corrected chi connectivity index (χ3v) is 3.21. The van der Waals surface area contributed by atoms with Crippen LogP contribution in [0, 0.1) is 0 Å². The van der Waals surface area contributed by atoms with Gasteiger partial charge in [0, 0.05) is 28.8 Å². The van der Waals surface area contributed by atoms with E-state index in [0.717, 1.165) is 11.0 Å². The van der Waals surface area contributed by atoms with Gasteiger partial charge in [-0.25, -0.2) is 0 Å². The topological polar surface area (TPSA) is 29.3 Å². The van der Waals surface area contributed by atoms with Gasteiger partial charge in [-0.15, -0.1) is 0 Å². The Balaban J connectivity index is 2.44. The molecule has 2 N–H and O–H groups in total. The molecule has 1 atom stereocenters. The van der Waals surface area contributed by atoms with Crippen molar-refractivity contribution in [3.8, 4) is 0 Å². The fourth-order valence-corrected chi connectivity index (χ4v) is 2.36. The van der Waals surface area contributed by atoms with E-state index in [4.69, 9.17) is 5.73 Å². The molecule has 2 nitrogen and oxygen atoms in total. The van der Waals surface area contributed by atoms with Gasteiger partial charge < -0.3 is 10.6 Å². The molecule has 0 saturated heterocycles. The molecule has 1 aliphatic rings. The van der Waals surface area contributed by atoms with Crippen molar-refractivity contribution in [1.82, 2.24) is 0 Å². The molecule has 3 heteroatoms. The second-order valence-electron chi connectivity index (χ2n) is 4.06. The van der Waals surface area contributed by atoms with Crippen LogP contribution in [-0.2, 0) is 0 Å². The van der Waals surface area contributed by atoms with Crippen LogP contribution in [-0.4, -0.2) is 12.6 Å². The first-order valence-electron chi connectivity index (χ1n) is 4.91. The van der Waals surface area contributed by atoms with Crippen molar-refractivity contribution in [1.29, 1.82) is 0 Å². The number of fused-ring (bicyclic) bond motifs is 1. The summed E-state index contributed by atoms with van der Waals surface area (Å²) in [4.78, 5) is 2.35. The minimum Gasteiger partial charge on any atom is -0.367 e. The van der Waals surface area contributed by atoms with E-state index in [-0.39, 0.29) is 6.04 Å². The molecule has 1 unspecified atom stereocenters. The molecule has 0 amide bonds. The molecule has 0 aliphatic carbocycles. The molecule has 1 aromatic carbocycles. The van der Waals surface area contributed by atoms with Gasteiger partial charge in [-0.3, -0.25) is 0 Å². The molecule has 1 aliphatic heterocycles. The van der Waals surface area contributed by atoms with Gasteiger partial charge in [0.05, 0.1) is 0 Å². The molecule has 0 fully saturated rings. The van der Waals surface area contributed by atoms with Crippen LogP contribution in [0.4, 0.5) is 5.69 Å². The SMILES string of the molecule is CC(C)N1CC(N)c2cc(Br)ccc21. The van der Waals surface area contributed by atoms with Crippen LogP contribution >= 0.6 is 15.9 Å². The average Bonchev–Trinajstić information content (AvgIpc) is 2.44. The molecular formula is C11H15BrN2. The maximum absolute atomic E-state index is 6.08. The maximum Gasteiger partial charge on any atom is 0.0494 e. The molecule has 1 aromatic rings. The van der Waals surface area contributed by atoms with Crippen LogP contribution in [0.15, 0.2) is 22.7 Å². The highest BCUT2D eigenvalue weighted by Gasteiger charge is 2.27. The largest absolute Gasteiger partial charge is 0.367 e. The molecule has 1 heterocycles. The number of nitrogens with zero attached hydrogens (tertiary/aromatic N) is 1. The molecule has 14 heavy (non-hydrogen) atoms. The number of halogens is 1. The lowest BCUT2D eigenvalue weighted by Crippen LogP contribution is -2.30. The smallest absolute Gasteiger partial charge is 0.0494 e. The summed E-state index contributed by atoms with van der Waals surface area (Å²) < 4.78 is 1.11. The third kappa shape index (κ3) is 1.55. The van der Waals surface area contributed by atoms with Crippen molar-refractivity contribution < 1.29 is 0 Å². The Bertz CT molecular complexity index is 349.